The molecule has 2 fully saturated rings. The molecule has 1 heterocycles. The van der Waals surface area contributed by atoms with Crippen LogP contribution in [-0.4, -0.2) is 25.0 Å². The van der Waals surface area contributed by atoms with E-state index in [1.54, 1.807) is 0 Å². The summed E-state index contributed by atoms with van der Waals surface area (Å²) < 4.78 is 0. The number of hydrogen-bond acceptors (Lipinski definition) is 1. The lowest BCUT2D eigenvalue weighted by atomic mass is 9.61. The number of likely N-dealkylation sites (tertiary alicyclic amines) is 1. The van der Waals surface area contributed by atoms with Gasteiger partial charge in [0.15, 0.2) is 0 Å². The van der Waals surface area contributed by atoms with Gasteiger partial charge in [0.25, 0.3) is 0 Å². The Labute approximate surface area is 82.5 Å². The molecule has 0 bridgehead atoms. The summed E-state index contributed by atoms with van der Waals surface area (Å²) >= 11 is 0. The van der Waals surface area contributed by atoms with Crippen LogP contribution in [0.5, 0.6) is 0 Å². The van der Waals surface area contributed by atoms with Crippen molar-refractivity contribution in [2.24, 2.45) is 17.3 Å². The van der Waals surface area contributed by atoms with E-state index in [0.717, 1.165) is 17.3 Å². The van der Waals surface area contributed by atoms with Crippen molar-refractivity contribution in [2.45, 2.75) is 39.5 Å². The zero-order chi connectivity index (χ0) is 9.47. The van der Waals surface area contributed by atoms with Crippen molar-refractivity contribution in [3.05, 3.63) is 0 Å². The minimum Gasteiger partial charge on any atom is -0.306 e. The smallest absolute Gasteiger partial charge is 0.00351 e. The Bertz CT molecular complexity index is 182. The normalized spacial score (nSPS) is 33.7. The van der Waals surface area contributed by atoms with Gasteiger partial charge in [-0.25, -0.2) is 0 Å². The first-order valence-electron chi connectivity index (χ1n) is 5.80. The third-order valence-electron chi connectivity index (χ3n) is 4.20. The largest absolute Gasteiger partial charge is 0.306 e. The van der Waals surface area contributed by atoms with Crippen LogP contribution in [0.2, 0.25) is 0 Å². The molecule has 1 spiro atoms. The van der Waals surface area contributed by atoms with E-state index in [9.17, 15) is 0 Å². The second-order valence-corrected chi connectivity index (χ2v) is 5.76. The summed E-state index contributed by atoms with van der Waals surface area (Å²) in [5.74, 6) is 1.83. The van der Waals surface area contributed by atoms with E-state index in [4.69, 9.17) is 0 Å². The van der Waals surface area contributed by atoms with Gasteiger partial charge in [0.1, 0.15) is 0 Å². The van der Waals surface area contributed by atoms with Gasteiger partial charge in [-0.2, -0.15) is 0 Å². The molecular formula is C12H23N. The lowest BCUT2D eigenvalue weighted by molar-refractivity contribution is -0.0113. The molecule has 1 aliphatic heterocycles. The van der Waals surface area contributed by atoms with Gasteiger partial charge in [-0.15, -0.1) is 0 Å². The predicted octanol–water partition coefficient (Wildman–Crippen LogP) is 2.76. The van der Waals surface area contributed by atoms with E-state index in [-0.39, 0.29) is 0 Å². The second-order valence-electron chi connectivity index (χ2n) is 5.76. The van der Waals surface area contributed by atoms with Crippen molar-refractivity contribution in [1.82, 2.24) is 4.90 Å². The van der Waals surface area contributed by atoms with E-state index < -0.39 is 0 Å². The summed E-state index contributed by atoms with van der Waals surface area (Å²) in [7, 11) is 2.30. The minimum atomic E-state index is 0.752. The zero-order valence-electron chi connectivity index (χ0n) is 9.34. The number of hydrogen-bond donors (Lipinski definition) is 0. The van der Waals surface area contributed by atoms with Crippen molar-refractivity contribution in [2.75, 3.05) is 20.1 Å². The summed E-state index contributed by atoms with van der Waals surface area (Å²) in [5, 5.41) is 0. The van der Waals surface area contributed by atoms with E-state index in [2.05, 4.69) is 25.8 Å². The van der Waals surface area contributed by atoms with Crippen LogP contribution in [0, 0.1) is 17.3 Å². The Morgan fingerprint density at radius 2 is 2.00 bits per heavy atom. The second kappa shape index (κ2) is 3.27. The van der Waals surface area contributed by atoms with Gasteiger partial charge in [-0.1, -0.05) is 20.3 Å². The van der Waals surface area contributed by atoms with Crippen LogP contribution in [-0.2, 0) is 0 Å². The fourth-order valence-electron chi connectivity index (χ4n) is 3.21. The molecular weight excluding hydrogens is 158 g/mol. The number of nitrogens with zero attached hydrogens (tertiary/aromatic N) is 1. The van der Waals surface area contributed by atoms with Crippen molar-refractivity contribution in [3.8, 4) is 0 Å². The minimum absolute atomic E-state index is 0.752. The molecule has 0 radical (unpaired) electrons. The molecule has 1 saturated heterocycles. The molecule has 1 aliphatic carbocycles. The SMILES string of the molecule is CC(C)C1CN(C)CC2(CCC2)C1. The van der Waals surface area contributed by atoms with Crippen LogP contribution in [0.25, 0.3) is 0 Å². The standard InChI is InChI=1S/C12H23N/c1-10(2)11-7-12(5-4-6-12)9-13(3)8-11/h10-11H,4-9H2,1-3H3. The van der Waals surface area contributed by atoms with Gasteiger partial charge >= 0.3 is 0 Å². The van der Waals surface area contributed by atoms with Gasteiger partial charge < -0.3 is 4.90 Å². The highest BCUT2D eigenvalue weighted by molar-refractivity contribution is 4.95. The number of piperidine rings is 1. The van der Waals surface area contributed by atoms with E-state index in [0.29, 0.717) is 0 Å². The van der Waals surface area contributed by atoms with Crippen LogP contribution in [0.15, 0.2) is 0 Å². The Morgan fingerprint density at radius 1 is 1.31 bits per heavy atom. The quantitative estimate of drug-likeness (QED) is 0.601. The van der Waals surface area contributed by atoms with Crippen LogP contribution >= 0.6 is 0 Å². The number of rotatable bonds is 1. The molecule has 2 aliphatic rings. The maximum absolute atomic E-state index is 2.56. The van der Waals surface area contributed by atoms with E-state index in [1.165, 1.54) is 38.8 Å². The molecule has 0 aromatic rings. The third kappa shape index (κ3) is 1.76. The Kier molecular flexibility index (Phi) is 2.39. The van der Waals surface area contributed by atoms with Crippen LogP contribution in [0.3, 0.4) is 0 Å². The fourth-order valence-corrected chi connectivity index (χ4v) is 3.21. The molecule has 0 N–H and O–H groups in total. The predicted molar refractivity (Wildman–Crippen MR) is 56.7 cm³/mol. The average molecular weight is 181 g/mol. The molecule has 13 heavy (non-hydrogen) atoms. The molecule has 1 saturated carbocycles. The summed E-state index contributed by atoms with van der Waals surface area (Å²) in [6.07, 6.45) is 5.99. The van der Waals surface area contributed by atoms with Gasteiger partial charge in [0, 0.05) is 13.1 Å². The zero-order valence-corrected chi connectivity index (χ0v) is 9.34. The lowest BCUT2D eigenvalue weighted by Crippen LogP contribution is -2.50. The highest BCUT2D eigenvalue weighted by Gasteiger charge is 2.43. The van der Waals surface area contributed by atoms with Gasteiger partial charge in [0.2, 0.25) is 0 Å². The highest BCUT2D eigenvalue weighted by Crippen LogP contribution is 2.49. The molecule has 76 valence electrons. The molecule has 2 rings (SSSR count). The molecule has 1 atom stereocenters. The Balaban J connectivity index is 2.01. The summed E-state index contributed by atoms with van der Waals surface area (Å²) in [6.45, 7) is 7.47. The maximum Gasteiger partial charge on any atom is 0.00351 e. The monoisotopic (exact) mass is 181 g/mol. The van der Waals surface area contributed by atoms with Gasteiger partial charge in [0.05, 0.1) is 0 Å². The van der Waals surface area contributed by atoms with Gasteiger partial charge in [-0.05, 0) is 43.6 Å². The molecule has 1 nitrogen and oxygen atoms in total. The highest BCUT2D eigenvalue weighted by atomic mass is 15.1. The van der Waals surface area contributed by atoms with Crippen LogP contribution < -0.4 is 0 Å². The van der Waals surface area contributed by atoms with Crippen molar-refractivity contribution in [3.63, 3.8) is 0 Å². The first kappa shape index (κ1) is 9.51. The average Bonchev–Trinajstić information content (AvgIpc) is 2.00. The molecule has 1 heteroatoms. The van der Waals surface area contributed by atoms with Crippen LogP contribution in [0.1, 0.15) is 39.5 Å². The van der Waals surface area contributed by atoms with Crippen LogP contribution in [0.4, 0.5) is 0 Å². The van der Waals surface area contributed by atoms with E-state index in [1.807, 2.05) is 0 Å². The molecule has 0 amide bonds. The Morgan fingerprint density at radius 3 is 2.46 bits per heavy atom. The van der Waals surface area contributed by atoms with Crippen molar-refractivity contribution >= 4 is 0 Å². The third-order valence-corrected chi connectivity index (χ3v) is 4.20. The topological polar surface area (TPSA) is 3.24 Å². The van der Waals surface area contributed by atoms with E-state index >= 15 is 0 Å². The fraction of sp³-hybridized carbons (Fsp3) is 1.00. The van der Waals surface area contributed by atoms with Gasteiger partial charge in [-0.3, -0.25) is 0 Å². The molecule has 0 aromatic heterocycles. The summed E-state index contributed by atoms with van der Waals surface area (Å²) in [6, 6.07) is 0. The van der Waals surface area contributed by atoms with Crippen molar-refractivity contribution < 1.29 is 0 Å². The molecule has 1 unspecified atom stereocenters. The first-order chi connectivity index (χ1) is 6.11. The maximum atomic E-state index is 2.56. The molecule has 0 aromatic carbocycles. The summed E-state index contributed by atoms with van der Waals surface area (Å²) in [4.78, 5) is 2.56. The first-order valence-corrected chi connectivity index (χ1v) is 5.80. The Hall–Kier alpha value is -0.0400. The summed E-state index contributed by atoms with van der Waals surface area (Å²) in [5.41, 5.74) is 0.752. The van der Waals surface area contributed by atoms with Crippen molar-refractivity contribution in [1.29, 1.82) is 0 Å². The lowest BCUT2D eigenvalue weighted by Gasteiger charge is -2.51.